The molecule has 1 heterocycles. The van der Waals surface area contributed by atoms with Crippen LogP contribution in [-0.2, 0) is 6.54 Å². The fourth-order valence-corrected chi connectivity index (χ4v) is 2.39. The maximum absolute atomic E-state index is 13.3. The van der Waals surface area contributed by atoms with Crippen LogP contribution in [0.25, 0.3) is 0 Å². The van der Waals surface area contributed by atoms with Crippen LogP contribution in [0.4, 0.5) is 10.1 Å². The maximum atomic E-state index is 13.3. The van der Waals surface area contributed by atoms with Crippen molar-refractivity contribution in [3.63, 3.8) is 0 Å². The number of nitrogens with zero attached hydrogens (tertiary/aromatic N) is 1. The molecule has 0 fully saturated rings. The van der Waals surface area contributed by atoms with E-state index in [2.05, 4.69) is 5.32 Å². The Balaban J connectivity index is 1.80. The molecule has 0 unspecified atom stereocenters. The number of carbonyl (C=O) groups excluding carboxylic acids is 1. The molecule has 0 saturated heterocycles. The first-order chi connectivity index (χ1) is 11.6. The average molecular weight is 332 g/mol. The summed E-state index contributed by atoms with van der Waals surface area (Å²) in [6.07, 6.45) is 0. The fourth-order valence-electron chi connectivity index (χ4n) is 2.39. The second kappa shape index (κ2) is 6.53. The molecule has 2 aromatic rings. The van der Waals surface area contributed by atoms with E-state index >= 15 is 0 Å². The van der Waals surface area contributed by atoms with E-state index in [0.29, 0.717) is 30.3 Å². The van der Waals surface area contributed by atoms with Gasteiger partial charge in [0.2, 0.25) is 0 Å². The number of benzene rings is 2. The first kappa shape index (κ1) is 15.7. The quantitative estimate of drug-likeness (QED) is 0.686. The number of carbonyl (C=O) groups is 1. The molecule has 1 aliphatic heterocycles. The summed E-state index contributed by atoms with van der Waals surface area (Å²) in [7, 11) is 0. The number of hydrogen-bond donors (Lipinski definition) is 1. The lowest BCUT2D eigenvalue weighted by Crippen LogP contribution is -2.25. The predicted octanol–water partition coefficient (Wildman–Crippen LogP) is 2.44. The van der Waals surface area contributed by atoms with Crippen LogP contribution >= 0.6 is 0 Å². The summed E-state index contributed by atoms with van der Waals surface area (Å²) in [5.41, 5.74) is -0.120. The van der Waals surface area contributed by atoms with Crippen molar-refractivity contribution >= 4 is 11.6 Å². The fraction of sp³-hybridized carbons (Fsp3) is 0.188. The van der Waals surface area contributed by atoms with Gasteiger partial charge in [-0.3, -0.25) is 14.9 Å². The maximum Gasteiger partial charge on any atom is 0.282 e. The minimum atomic E-state index is -0.740. The van der Waals surface area contributed by atoms with Crippen molar-refractivity contribution in [2.45, 2.75) is 6.54 Å². The van der Waals surface area contributed by atoms with E-state index in [1.54, 1.807) is 18.2 Å². The minimum absolute atomic E-state index is 0.0685. The molecule has 7 nitrogen and oxygen atoms in total. The number of nitro groups is 1. The van der Waals surface area contributed by atoms with Crippen LogP contribution in [0.2, 0.25) is 0 Å². The van der Waals surface area contributed by atoms with Crippen LogP contribution in [-0.4, -0.2) is 24.0 Å². The van der Waals surface area contributed by atoms with Gasteiger partial charge in [-0.2, -0.15) is 0 Å². The Morgan fingerprint density at radius 2 is 2.04 bits per heavy atom. The van der Waals surface area contributed by atoms with Crippen molar-refractivity contribution in [1.82, 2.24) is 5.32 Å². The van der Waals surface area contributed by atoms with E-state index < -0.39 is 22.3 Å². The van der Waals surface area contributed by atoms with Gasteiger partial charge in [0.25, 0.3) is 11.6 Å². The van der Waals surface area contributed by atoms with E-state index in [-0.39, 0.29) is 12.1 Å². The SMILES string of the molecule is O=C(NCc1cccc2c1OCCO2)c1cc(F)ccc1[N+](=O)[O-]. The van der Waals surface area contributed by atoms with Crippen molar-refractivity contribution in [2.75, 3.05) is 13.2 Å². The number of fused-ring (bicyclic) bond motifs is 1. The van der Waals surface area contributed by atoms with Gasteiger partial charge in [0.15, 0.2) is 11.5 Å². The highest BCUT2D eigenvalue weighted by atomic mass is 19.1. The monoisotopic (exact) mass is 332 g/mol. The van der Waals surface area contributed by atoms with Gasteiger partial charge in [-0.05, 0) is 18.2 Å². The van der Waals surface area contributed by atoms with Gasteiger partial charge in [0.1, 0.15) is 24.6 Å². The topological polar surface area (TPSA) is 90.7 Å². The number of ether oxygens (including phenoxy) is 2. The zero-order valence-electron chi connectivity index (χ0n) is 12.5. The summed E-state index contributed by atoms with van der Waals surface area (Å²) in [5, 5.41) is 13.5. The van der Waals surface area contributed by atoms with Crippen LogP contribution < -0.4 is 14.8 Å². The summed E-state index contributed by atoms with van der Waals surface area (Å²) in [5.74, 6) is -0.363. The summed E-state index contributed by atoms with van der Waals surface area (Å²) >= 11 is 0. The lowest BCUT2D eigenvalue weighted by Gasteiger charge is -2.21. The third-order valence-corrected chi connectivity index (χ3v) is 3.49. The Bertz CT molecular complexity index is 809. The lowest BCUT2D eigenvalue weighted by molar-refractivity contribution is -0.385. The third-order valence-electron chi connectivity index (χ3n) is 3.49. The minimum Gasteiger partial charge on any atom is -0.486 e. The number of nitro benzene ring substituents is 1. The van der Waals surface area contributed by atoms with E-state index in [4.69, 9.17) is 9.47 Å². The van der Waals surface area contributed by atoms with Gasteiger partial charge < -0.3 is 14.8 Å². The van der Waals surface area contributed by atoms with E-state index in [9.17, 15) is 19.3 Å². The Morgan fingerprint density at radius 1 is 1.25 bits per heavy atom. The van der Waals surface area contributed by atoms with Crippen LogP contribution in [0, 0.1) is 15.9 Å². The molecule has 0 atom stereocenters. The molecule has 3 rings (SSSR count). The van der Waals surface area contributed by atoms with Gasteiger partial charge in [-0.25, -0.2) is 4.39 Å². The second-order valence-electron chi connectivity index (χ2n) is 5.04. The molecule has 8 heteroatoms. The first-order valence-electron chi connectivity index (χ1n) is 7.16. The molecule has 1 aliphatic rings. The Labute approximate surface area is 136 Å². The van der Waals surface area contributed by atoms with Crippen LogP contribution in [0.1, 0.15) is 15.9 Å². The third kappa shape index (κ3) is 3.12. The molecule has 24 heavy (non-hydrogen) atoms. The van der Waals surface area contributed by atoms with E-state index in [1.165, 1.54) is 0 Å². The lowest BCUT2D eigenvalue weighted by atomic mass is 10.1. The van der Waals surface area contributed by atoms with Crippen LogP contribution in [0.15, 0.2) is 36.4 Å². The molecule has 0 aliphatic carbocycles. The zero-order valence-corrected chi connectivity index (χ0v) is 12.5. The van der Waals surface area contributed by atoms with Gasteiger partial charge in [0, 0.05) is 18.2 Å². The van der Waals surface area contributed by atoms with Gasteiger partial charge in [-0.15, -0.1) is 0 Å². The molecular weight excluding hydrogens is 319 g/mol. The highest BCUT2D eigenvalue weighted by Crippen LogP contribution is 2.33. The highest BCUT2D eigenvalue weighted by molar-refractivity contribution is 5.98. The standard InChI is InChI=1S/C16H13FN2O5/c17-11-4-5-13(19(21)22)12(8-11)16(20)18-9-10-2-1-3-14-15(10)24-7-6-23-14/h1-5,8H,6-7,9H2,(H,18,20). The van der Waals surface area contributed by atoms with E-state index in [1.807, 2.05) is 0 Å². The van der Waals surface area contributed by atoms with Crippen molar-refractivity contribution in [3.05, 3.63) is 63.5 Å². The number of rotatable bonds is 4. The number of halogens is 1. The summed E-state index contributed by atoms with van der Waals surface area (Å²) in [4.78, 5) is 22.5. The Hall–Kier alpha value is -3.16. The molecule has 1 N–H and O–H groups in total. The molecule has 2 aromatic carbocycles. The van der Waals surface area contributed by atoms with Crippen LogP contribution in [0.5, 0.6) is 11.5 Å². The average Bonchev–Trinajstić information content (AvgIpc) is 2.59. The number of nitrogens with one attached hydrogen (secondary N) is 1. The van der Waals surface area contributed by atoms with Gasteiger partial charge >= 0.3 is 0 Å². The van der Waals surface area contributed by atoms with Gasteiger partial charge in [0.05, 0.1) is 4.92 Å². The zero-order chi connectivity index (χ0) is 17.1. The largest absolute Gasteiger partial charge is 0.486 e. The highest BCUT2D eigenvalue weighted by Gasteiger charge is 2.22. The van der Waals surface area contributed by atoms with Crippen molar-refractivity contribution in [1.29, 1.82) is 0 Å². The predicted molar refractivity (Wildman–Crippen MR) is 81.7 cm³/mol. The Kier molecular flexibility index (Phi) is 4.28. The normalized spacial score (nSPS) is 12.5. The molecular formula is C16H13FN2O5. The summed E-state index contributed by atoms with van der Waals surface area (Å²) < 4.78 is 24.3. The molecule has 0 radical (unpaired) electrons. The molecule has 1 amide bonds. The van der Waals surface area contributed by atoms with Crippen LogP contribution in [0.3, 0.4) is 0 Å². The summed E-state index contributed by atoms with van der Waals surface area (Å²) in [6, 6.07) is 7.98. The molecule has 0 aromatic heterocycles. The molecule has 0 saturated carbocycles. The van der Waals surface area contributed by atoms with Gasteiger partial charge in [-0.1, -0.05) is 12.1 Å². The van der Waals surface area contributed by atoms with Crippen molar-refractivity contribution in [2.24, 2.45) is 0 Å². The molecule has 124 valence electrons. The molecule has 0 bridgehead atoms. The number of para-hydroxylation sites is 1. The second-order valence-corrected chi connectivity index (χ2v) is 5.04. The smallest absolute Gasteiger partial charge is 0.282 e. The first-order valence-corrected chi connectivity index (χ1v) is 7.16. The number of hydrogen-bond acceptors (Lipinski definition) is 5. The molecule has 0 spiro atoms. The van der Waals surface area contributed by atoms with Crippen molar-refractivity contribution in [3.8, 4) is 11.5 Å². The Morgan fingerprint density at radius 3 is 2.83 bits per heavy atom. The number of amides is 1. The summed E-state index contributed by atoms with van der Waals surface area (Å²) in [6.45, 7) is 0.907. The van der Waals surface area contributed by atoms with Crippen molar-refractivity contribution < 1.29 is 23.6 Å². The van der Waals surface area contributed by atoms with E-state index in [0.717, 1.165) is 18.2 Å².